The monoisotopic (exact) mass is 305 g/mol. The summed E-state index contributed by atoms with van der Waals surface area (Å²) in [4.78, 5) is 5.70. The number of nitrogens with zero attached hydrogens (tertiary/aromatic N) is 2. The van der Waals surface area contributed by atoms with Gasteiger partial charge in [-0.15, -0.1) is 11.8 Å². The minimum absolute atomic E-state index is 0.364. The number of aromatic nitrogens is 2. The van der Waals surface area contributed by atoms with E-state index in [1.54, 1.807) is 11.8 Å². The van der Waals surface area contributed by atoms with Gasteiger partial charge in [-0.1, -0.05) is 36.7 Å². The first kappa shape index (κ1) is 16.0. The van der Waals surface area contributed by atoms with Gasteiger partial charge in [0.25, 0.3) is 0 Å². The lowest BCUT2D eigenvalue weighted by Crippen LogP contribution is -2.32. The van der Waals surface area contributed by atoms with Crippen LogP contribution in [0, 0.1) is 12.8 Å². The third-order valence-electron chi connectivity index (χ3n) is 3.47. The highest BCUT2D eigenvalue weighted by Gasteiger charge is 2.16. The molecule has 0 aliphatic carbocycles. The Bertz CT molecular complexity index is 551. The average Bonchev–Trinajstić information content (AvgIpc) is 2.91. The zero-order chi connectivity index (χ0) is 15.2. The van der Waals surface area contributed by atoms with Gasteiger partial charge < -0.3 is 9.84 Å². The van der Waals surface area contributed by atoms with Crippen molar-refractivity contribution in [3.8, 4) is 0 Å². The van der Waals surface area contributed by atoms with E-state index >= 15 is 0 Å². The van der Waals surface area contributed by atoms with Crippen molar-refractivity contribution < 1.29 is 4.52 Å². The predicted octanol–water partition coefficient (Wildman–Crippen LogP) is 3.46. The van der Waals surface area contributed by atoms with Crippen molar-refractivity contribution in [2.75, 3.05) is 7.05 Å². The Morgan fingerprint density at radius 1 is 1.24 bits per heavy atom. The Kier molecular flexibility index (Phi) is 5.82. The number of thioether (sulfide) groups is 1. The zero-order valence-electron chi connectivity index (χ0n) is 13.1. The molecular weight excluding hydrogens is 282 g/mol. The maximum absolute atomic E-state index is 5.34. The van der Waals surface area contributed by atoms with Gasteiger partial charge in [0, 0.05) is 17.4 Å². The molecule has 1 atom stereocenters. The van der Waals surface area contributed by atoms with Crippen LogP contribution in [0.15, 0.2) is 33.7 Å². The average molecular weight is 305 g/mol. The minimum Gasteiger partial charge on any atom is -0.339 e. The predicted molar refractivity (Wildman–Crippen MR) is 86.4 cm³/mol. The molecule has 0 aliphatic rings. The van der Waals surface area contributed by atoms with Crippen LogP contribution in [0.25, 0.3) is 0 Å². The summed E-state index contributed by atoms with van der Waals surface area (Å²) in [6, 6.07) is 8.84. The number of rotatable bonds is 7. The molecule has 0 bridgehead atoms. The van der Waals surface area contributed by atoms with Crippen molar-refractivity contribution in [3.05, 3.63) is 41.5 Å². The number of hydrogen-bond donors (Lipinski definition) is 1. The number of benzene rings is 1. The van der Waals surface area contributed by atoms with Crippen LogP contribution in [0.2, 0.25) is 0 Å². The molecule has 0 fully saturated rings. The van der Waals surface area contributed by atoms with Crippen molar-refractivity contribution in [3.63, 3.8) is 0 Å². The summed E-state index contributed by atoms with van der Waals surface area (Å²) in [5.74, 6) is 2.74. The van der Waals surface area contributed by atoms with Crippen LogP contribution in [0.4, 0.5) is 0 Å². The van der Waals surface area contributed by atoms with Gasteiger partial charge in [0.15, 0.2) is 5.82 Å². The Balaban J connectivity index is 1.89. The van der Waals surface area contributed by atoms with Crippen LogP contribution >= 0.6 is 11.8 Å². The van der Waals surface area contributed by atoms with E-state index in [1.165, 1.54) is 10.5 Å². The molecule has 1 aromatic heterocycles. The first-order chi connectivity index (χ1) is 10.1. The fraction of sp³-hybridized carbons (Fsp3) is 0.500. The van der Waals surface area contributed by atoms with Gasteiger partial charge in [0.2, 0.25) is 5.89 Å². The van der Waals surface area contributed by atoms with Crippen LogP contribution < -0.4 is 5.32 Å². The van der Waals surface area contributed by atoms with E-state index in [2.05, 4.69) is 60.5 Å². The first-order valence-electron chi connectivity index (χ1n) is 7.26. The summed E-state index contributed by atoms with van der Waals surface area (Å²) < 4.78 is 5.34. The van der Waals surface area contributed by atoms with E-state index in [9.17, 15) is 0 Å². The highest BCUT2D eigenvalue weighted by Crippen LogP contribution is 2.22. The van der Waals surface area contributed by atoms with Crippen LogP contribution in [-0.4, -0.2) is 23.2 Å². The maximum Gasteiger partial charge on any atom is 0.228 e. The summed E-state index contributed by atoms with van der Waals surface area (Å²) >= 11 is 1.73. The lowest BCUT2D eigenvalue weighted by molar-refractivity contribution is 0.333. The van der Waals surface area contributed by atoms with Gasteiger partial charge in [0.1, 0.15) is 0 Å². The van der Waals surface area contributed by atoms with Crippen LogP contribution in [0.3, 0.4) is 0 Å². The Labute approximate surface area is 130 Å². The number of likely N-dealkylation sites (N-methyl/N-ethyl adjacent to an activating group) is 1. The standard InChI is InChI=1S/C16H23N3OS/c1-11(2)14(17-4)9-16-18-15(19-20-16)10-21-13-7-5-12(3)6-8-13/h5-8,11,14,17H,9-10H2,1-4H3. The van der Waals surface area contributed by atoms with Gasteiger partial charge in [-0.25, -0.2) is 0 Å². The van der Waals surface area contributed by atoms with Crippen molar-refractivity contribution in [1.29, 1.82) is 0 Å². The van der Waals surface area contributed by atoms with E-state index in [1.807, 2.05) is 7.05 Å². The quantitative estimate of drug-likeness (QED) is 0.794. The topological polar surface area (TPSA) is 51.0 Å². The van der Waals surface area contributed by atoms with Crippen molar-refractivity contribution >= 4 is 11.8 Å². The second-order valence-corrected chi connectivity index (χ2v) is 6.60. The third-order valence-corrected chi connectivity index (χ3v) is 4.48. The molecule has 0 amide bonds. The van der Waals surface area contributed by atoms with Gasteiger partial charge in [-0.2, -0.15) is 4.98 Å². The molecule has 1 N–H and O–H groups in total. The molecule has 0 radical (unpaired) electrons. The van der Waals surface area contributed by atoms with E-state index in [0.29, 0.717) is 17.9 Å². The number of aryl methyl sites for hydroxylation is 1. The normalized spacial score (nSPS) is 12.8. The van der Waals surface area contributed by atoms with Gasteiger partial charge in [-0.05, 0) is 32.0 Å². The fourth-order valence-corrected chi connectivity index (χ4v) is 2.81. The van der Waals surface area contributed by atoms with E-state index in [4.69, 9.17) is 4.52 Å². The molecule has 0 saturated carbocycles. The molecular formula is C16H23N3OS. The molecule has 0 spiro atoms. The molecule has 21 heavy (non-hydrogen) atoms. The lowest BCUT2D eigenvalue weighted by atomic mass is 10.0. The molecule has 4 nitrogen and oxygen atoms in total. The fourth-order valence-electron chi connectivity index (χ4n) is 2.07. The summed E-state index contributed by atoms with van der Waals surface area (Å²) in [5.41, 5.74) is 1.27. The van der Waals surface area contributed by atoms with E-state index in [-0.39, 0.29) is 0 Å². The van der Waals surface area contributed by atoms with E-state index in [0.717, 1.165) is 18.0 Å². The SMILES string of the molecule is CNC(Cc1nc(CSc2ccc(C)cc2)no1)C(C)C. The summed E-state index contributed by atoms with van der Waals surface area (Å²) in [7, 11) is 1.97. The Morgan fingerprint density at radius 2 is 1.95 bits per heavy atom. The molecule has 0 aliphatic heterocycles. The number of hydrogen-bond acceptors (Lipinski definition) is 5. The van der Waals surface area contributed by atoms with Crippen LogP contribution in [0.5, 0.6) is 0 Å². The number of nitrogens with one attached hydrogen (secondary N) is 1. The third kappa shape index (κ3) is 4.86. The molecule has 1 heterocycles. The van der Waals surface area contributed by atoms with E-state index < -0.39 is 0 Å². The first-order valence-corrected chi connectivity index (χ1v) is 8.25. The molecule has 1 unspecified atom stereocenters. The minimum atomic E-state index is 0.364. The summed E-state index contributed by atoms with van der Waals surface area (Å²) in [5, 5.41) is 7.35. The highest BCUT2D eigenvalue weighted by atomic mass is 32.2. The zero-order valence-corrected chi connectivity index (χ0v) is 13.9. The second-order valence-electron chi connectivity index (χ2n) is 5.55. The lowest BCUT2D eigenvalue weighted by Gasteiger charge is -2.17. The van der Waals surface area contributed by atoms with Crippen molar-refractivity contribution in [2.45, 2.75) is 43.9 Å². The summed E-state index contributed by atoms with van der Waals surface area (Å²) in [6.45, 7) is 6.46. The smallest absolute Gasteiger partial charge is 0.228 e. The van der Waals surface area contributed by atoms with Crippen molar-refractivity contribution in [1.82, 2.24) is 15.5 Å². The molecule has 0 saturated heterocycles. The van der Waals surface area contributed by atoms with Crippen LogP contribution in [-0.2, 0) is 12.2 Å². The van der Waals surface area contributed by atoms with Crippen molar-refractivity contribution in [2.24, 2.45) is 5.92 Å². The molecule has 1 aromatic carbocycles. The van der Waals surface area contributed by atoms with Gasteiger partial charge in [-0.3, -0.25) is 0 Å². The van der Waals surface area contributed by atoms with Gasteiger partial charge in [0.05, 0.1) is 5.75 Å². The highest BCUT2D eigenvalue weighted by molar-refractivity contribution is 7.98. The van der Waals surface area contributed by atoms with Gasteiger partial charge >= 0.3 is 0 Å². The molecule has 5 heteroatoms. The molecule has 2 rings (SSSR count). The maximum atomic E-state index is 5.34. The Hall–Kier alpha value is -1.33. The van der Waals surface area contributed by atoms with Crippen LogP contribution in [0.1, 0.15) is 31.1 Å². The Morgan fingerprint density at radius 3 is 2.57 bits per heavy atom. The summed E-state index contributed by atoms with van der Waals surface area (Å²) in [6.07, 6.45) is 0.774. The molecule has 2 aromatic rings. The second kappa shape index (κ2) is 7.61. The largest absolute Gasteiger partial charge is 0.339 e. The molecule has 114 valence electrons.